The van der Waals surface area contributed by atoms with Crippen LogP contribution in [0.25, 0.3) is 11.1 Å². The first-order valence-corrected chi connectivity index (χ1v) is 9.33. The molecule has 0 aromatic heterocycles. The molecule has 0 spiro atoms. The Hall–Kier alpha value is -1.88. The number of carbonyl (C=O) groups excluding carboxylic acids is 1. The fraction of sp³-hybridized carbons (Fsp3) is 0.381. The molecule has 1 fully saturated rings. The van der Waals surface area contributed by atoms with E-state index in [2.05, 4.69) is 4.90 Å². The van der Waals surface area contributed by atoms with Crippen LogP contribution in [0.2, 0.25) is 5.02 Å². The predicted molar refractivity (Wildman–Crippen MR) is 106 cm³/mol. The number of hydrogen-bond donors (Lipinski definition) is 0. The number of halogens is 1. The van der Waals surface area contributed by atoms with Gasteiger partial charge in [0.2, 0.25) is 0 Å². The Kier molecular flexibility index (Phi) is 6.30. The second-order valence-electron chi connectivity index (χ2n) is 6.67. The smallest absolute Gasteiger partial charge is 0.253 e. The van der Waals surface area contributed by atoms with Crippen molar-refractivity contribution in [3.8, 4) is 11.1 Å². The lowest BCUT2D eigenvalue weighted by molar-refractivity contribution is 0.0594. The fourth-order valence-corrected chi connectivity index (χ4v) is 3.57. The second-order valence-corrected chi connectivity index (χ2v) is 7.10. The van der Waals surface area contributed by atoms with E-state index >= 15 is 0 Å². The number of benzene rings is 2. The average Bonchev–Trinajstić information content (AvgIpc) is 2.66. The number of ether oxygens (including phenoxy) is 1. The molecule has 2 aromatic carbocycles. The summed E-state index contributed by atoms with van der Waals surface area (Å²) < 4.78 is 5.13. The first-order valence-electron chi connectivity index (χ1n) is 8.95. The van der Waals surface area contributed by atoms with Crippen molar-refractivity contribution in [1.82, 2.24) is 9.80 Å². The monoisotopic (exact) mass is 372 g/mol. The topological polar surface area (TPSA) is 32.8 Å². The third-order valence-corrected chi connectivity index (χ3v) is 5.12. The van der Waals surface area contributed by atoms with E-state index in [0.29, 0.717) is 0 Å². The van der Waals surface area contributed by atoms with Crippen molar-refractivity contribution in [3.05, 3.63) is 58.6 Å². The number of rotatable bonds is 5. The fourth-order valence-electron chi connectivity index (χ4n) is 3.35. The molecule has 0 radical (unpaired) electrons. The minimum absolute atomic E-state index is 0.102. The molecular formula is C21H25ClN2O2. The molecule has 1 saturated heterocycles. The van der Waals surface area contributed by atoms with E-state index in [4.69, 9.17) is 16.3 Å². The summed E-state index contributed by atoms with van der Waals surface area (Å²) in [5.74, 6) is 0.102. The molecule has 138 valence electrons. The number of carbonyl (C=O) groups is 1. The van der Waals surface area contributed by atoms with Crippen LogP contribution < -0.4 is 0 Å². The zero-order valence-electron chi connectivity index (χ0n) is 15.4. The van der Waals surface area contributed by atoms with E-state index < -0.39 is 0 Å². The number of methoxy groups -OCH3 is 1. The SMILES string of the molecule is COCCN1CCN(C(=O)c2cccc(-c3ccc(Cl)cc3C)c2)CC1. The van der Waals surface area contributed by atoms with Gasteiger partial charge in [-0.2, -0.15) is 0 Å². The molecule has 1 amide bonds. The Morgan fingerprint density at radius 2 is 1.88 bits per heavy atom. The highest BCUT2D eigenvalue weighted by Crippen LogP contribution is 2.27. The van der Waals surface area contributed by atoms with Gasteiger partial charge >= 0.3 is 0 Å². The summed E-state index contributed by atoms with van der Waals surface area (Å²) in [6.45, 7) is 6.99. The van der Waals surface area contributed by atoms with Crippen LogP contribution >= 0.6 is 11.6 Å². The van der Waals surface area contributed by atoms with E-state index in [9.17, 15) is 4.79 Å². The third-order valence-electron chi connectivity index (χ3n) is 4.88. The van der Waals surface area contributed by atoms with Gasteiger partial charge in [0.1, 0.15) is 0 Å². The number of aryl methyl sites for hydroxylation is 1. The van der Waals surface area contributed by atoms with Gasteiger partial charge in [-0.3, -0.25) is 9.69 Å². The highest BCUT2D eigenvalue weighted by Gasteiger charge is 2.22. The summed E-state index contributed by atoms with van der Waals surface area (Å²) in [5, 5.41) is 0.727. The molecule has 1 aliphatic heterocycles. The molecule has 1 heterocycles. The minimum Gasteiger partial charge on any atom is -0.383 e. The van der Waals surface area contributed by atoms with Crippen LogP contribution in [0.3, 0.4) is 0 Å². The summed E-state index contributed by atoms with van der Waals surface area (Å²) in [5.41, 5.74) is 3.99. The Labute approximate surface area is 160 Å². The maximum absolute atomic E-state index is 12.9. The lowest BCUT2D eigenvalue weighted by Gasteiger charge is -2.34. The van der Waals surface area contributed by atoms with E-state index in [-0.39, 0.29) is 5.91 Å². The molecule has 0 unspecified atom stereocenters. The molecule has 0 atom stereocenters. The molecule has 0 N–H and O–H groups in total. The highest BCUT2D eigenvalue weighted by atomic mass is 35.5. The van der Waals surface area contributed by atoms with E-state index in [1.807, 2.05) is 54.3 Å². The van der Waals surface area contributed by atoms with Gasteiger partial charge in [-0.15, -0.1) is 0 Å². The van der Waals surface area contributed by atoms with Crippen molar-refractivity contribution in [2.75, 3.05) is 46.4 Å². The van der Waals surface area contributed by atoms with E-state index in [1.54, 1.807) is 7.11 Å². The Bertz CT molecular complexity index is 770. The zero-order chi connectivity index (χ0) is 18.5. The van der Waals surface area contributed by atoms with Crippen LogP contribution in [0.1, 0.15) is 15.9 Å². The molecular weight excluding hydrogens is 348 g/mol. The lowest BCUT2D eigenvalue weighted by atomic mass is 9.98. The van der Waals surface area contributed by atoms with Gasteiger partial charge in [0, 0.05) is 50.4 Å². The molecule has 3 rings (SSSR count). The van der Waals surface area contributed by atoms with Gasteiger partial charge < -0.3 is 9.64 Å². The maximum Gasteiger partial charge on any atom is 0.253 e. The van der Waals surface area contributed by atoms with Crippen molar-refractivity contribution in [2.24, 2.45) is 0 Å². The quantitative estimate of drug-likeness (QED) is 0.801. The summed E-state index contributed by atoms with van der Waals surface area (Å²) in [6, 6.07) is 13.7. The van der Waals surface area contributed by atoms with Crippen molar-refractivity contribution in [2.45, 2.75) is 6.92 Å². The molecule has 26 heavy (non-hydrogen) atoms. The second kappa shape index (κ2) is 8.67. The molecule has 4 nitrogen and oxygen atoms in total. The number of piperazine rings is 1. The molecule has 2 aromatic rings. The van der Waals surface area contributed by atoms with Gasteiger partial charge in [0.25, 0.3) is 5.91 Å². The van der Waals surface area contributed by atoms with Crippen LogP contribution in [0.5, 0.6) is 0 Å². The third kappa shape index (κ3) is 4.44. The van der Waals surface area contributed by atoms with Crippen LogP contribution in [0.4, 0.5) is 0 Å². The molecule has 0 saturated carbocycles. The summed E-state index contributed by atoms with van der Waals surface area (Å²) in [6.07, 6.45) is 0. The summed E-state index contributed by atoms with van der Waals surface area (Å²) in [7, 11) is 1.72. The molecule has 0 aliphatic carbocycles. The van der Waals surface area contributed by atoms with E-state index in [0.717, 1.165) is 66.6 Å². The van der Waals surface area contributed by atoms with Gasteiger partial charge in [0.05, 0.1) is 6.61 Å². The highest BCUT2D eigenvalue weighted by molar-refractivity contribution is 6.30. The Morgan fingerprint density at radius 1 is 1.12 bits per heavy atom. The largest absolute Gasteiger partial charge is 0.383 e. The Balaban J connectivity index is 1.71. The first kappa shape index (κ1) is 18.9. The van der Waals surface area contributed by atoms with Crippen LogP contribution in [-0.4, -0.2) is 62.1 Å². The predicted octanol–water partition coefficient (Wildman–Crippen LogP) is 3.72. The lowest BCUT2D eigenvalue weighted by Crippen LogP contribution is -2.49. The van der Waals surface area contributed by atoms with Crippen molar-refractivity contribution in [3.63, 3.8) is 0 Å². The zero-order valence-corrected chi connectivity index (χ0v) is 16.1. The van der Waals surface area contributed by atoms with Gasteiger partial charge in [-0.1, -0.05) is 29.8 Å². The summed E-state index contributed by atoms with van der Waals surface area (Å²) in [4.78, 5) is 17.2. The summed E-state index contributed by atoms with van der Waals surface area (Å²) >= 11 is 6.06. The van der Waals surface area contributed by atoms with Crippen molar-refractivity contribution in [1.29, 1.82) is 0 Å². The molecule has 1 aliphatic rings. The Morgan fingerprint density at radius 3 is 2.58 bits per heavy atom. The van der Waals surface area contributed by atoms with Crippen molar-refractivity contribution >= 4 is 17.5 Å². The normalized spacial score (nSPS) is 15.3. The minimum atomic E-state index is 0.102. The first-order chi connectivity index (χ1) is 12.6. The molecule has 5 heteroatoms. The van der Waals surface area contributed by atoms with E-state index in [1.165, 1.54) is 0 Å². The maximum atomic E-state index is 12.9. The number of amides is 1. The van der Waals surface area contributed by atoms with Gasteiger partial charge in [-0.25, -0.2) is 0 Å². The van der Waals surface area contributed by atoms with Crippen LogP contribution in [0, 0.1) is 6.92 Å². The van der Waals surface area contributed by atoms with Gasteiger partial charge in [-0.05, 0) is 47.9 Å². The van der Waals surface area contributed by atoms with Crippen LogP contribution in [0.15, 0.2) is 42.5 Å². The van der Waals surface area contributed by atoms with Crippen molar-refractivity contribution < 1.29 is 9.53 Å². The average molecular weight is 373 g/mol. The van der Waals surface area contributed by atoms with Crippen LogP contribution in [-0.2, 0) is 4.74 Å². The number of nitrogens with zero attached hydrogens (tertiary/aromatic N) is 2. The van der Waals surface area contributed by atoms with Gasteiger partial charge in [0.15, 0.2) is 0 Å². The molecule has 0 bridgehead atoms. The number of hydrogen-bond acceptors (Lipinski definition) is 3. The standard InChI is InChI=1S/C21H25ClN2O2/c1-16-14-19(22)6-7-20(16)17-4-3-5-18(15-17)21(25)24-10-8-23(9-11-24)12-13-26-2/h3-7,14-15H,8-13H2,1-2H3.